The van der Waals surface area contributed by atoms with Gasteiger partial charge in [-0.25, -0.2) is 0 Å². The van der Waals surface area contributed by atoms with E-state index in [1.54, 1.807) is 0 Å². The van der Waals surface area contributed by atoms with Gasteiger partial charge in [-0.05, 0) is 27.8 Å². The van der Waals surface area contributed by atoms with E-state index in [9.17, 15) is 0 Å². The van der Waals surface area contributed by atoms with Crippen LogP contribution >= 0.6 is 0 Å². The summed E-state index contributed by atoms with van der Waals surface area (Å²) in [5.41, 5.74) is 14.5. The molecular formula is C60H45N5OPt-2. The van der Waals surface area contributed by atoms with Gasteiger partial charge < -0.3 is 0 Å². The zero-order valence-corrected chi connectivity index (χ0v) is 39.5. The Morgan fingerprint density at radius 1 is 0.582 bits per heavy atom. The average Bonchev–Trinajstić information content (AvgIpc) is 3.89. The predicted molar refractivity (Wildman–Crippen MR) is 265 cm³/mol. The third kappa shape index (κ3) is 7.46. The molecule has 0 radical (unpaired) electrons. The number of pyridine rings is 1. The van der Waals surface area contributed by atoms with E-state index in [1.807, 2.05) is 24.4 Å². The molecule has 0 spiro atoms. The summed E-state index contributed by atoms with van der Waals surface area (Å²) < 4.78 is 14.6. The maximum atomic E-state index is 6.75. The number of aryl methyl sites for hydroxylation is 4. The van der Waals surface area contributed by atoms with Gasteiger partial charge in [0.25, 0.3) is 0 Å². The number of nitrogens with zero attached hydrogens (tertiary/aromatic N) is 5. The molecule has 7 heteroatoms. The minimum Gasteiger partial charge on any atom is -0.0622 e. The molecule has 4 aromatic heterocycles. The number of rotatable bonds is 8. The van der Waals surface area contributed by atoms with Crippen LogP contribution in [-0.4, -0.2) is 23.5 Å². The fourth-order valence-electron chi connectivity index (χ4n) is 9.84. The van der Waals surface area contributed by atoms with Crippen molar-refractivity contribution in [1.29, 1.82) is 0 Å². The molecule has 0 amide bonds. The summed E-state index contributed by atoms with van der Waals surface area (Å²) in [6.07, 6.45) is 10.00. The summed E-state index contributed by atoms with van der Waals surface area (Å²) in [6, 6.07) is 67.6. The van der Waals surface area contributed by atoms with Gasteiger partial charge in [-0.3, -0.25) is 0 Å². The number of imidazole rings is 1. The van der Waals surface area contributed by atoms with Crippen LogP contribution in [0.3, 0.4) is 0 Å². The molecular weight excluding hydrogens is 1000 g/mol. The van der Waals surface area contributed by atoms with Crippen molar-refractivity contribution < 1.29 is 24.1 Å². The molecule has 67 heavy (non-hydrogen) atoms. The van der Waals surface area contributed by atoms with Gasteiger partial charge in [0, 0.05) is 17.2 Å². The molecule has 0 unspecified atom stereocenters. The first-order valence-electron chi connectivity index (χ1n) is 22.9. The predicted octanol–water partition coefficient (Wildman–Crippen LogP) is 13.6. The van der Waals surface area contributed by atoms with Crippen LogP contribution in [-0.2, 0) is 50.5 Å². The van der Waals surface area contributed by atoms with Crippen LogP contribution in [0.15, 0.2) is 188 Å². The van der Waals surface area contributed by atoms with Gasteiger partial charge in [0.2, 0.25) is 0 Å². The van der Waals surface area contributed by atoms with E-state index in [0.29, 0.717) is 11.5 Å². The van der Waals surface area contributed by atoms with Crippen molar-refractivity contribution in [2.75, 3.05) is 0 Å². The number of aromatic nitrogens is 5. The average molecular weight is 1050 g/mol. The Morgan fingerprint density at radius 3 is 2.04 bits per heavy atom. The molecule has 0 aliphatic carbocycles. The van der Waals surface area contributed by atoms with Crippen LogP contribution in [0.25, 0.3) is 61.1 Å². The monoisotopic (exact) mass is 1050 g/mol. The number of hydrogen-bond donors (Lipinski definition) is 0. The molecule has 328 valence electrons. The van der Waals surface area contributed by atoms with Gasteiger partial charge in [-0.1, -0.05) is 111 Å². The fourth-order valence-corrected chi connectivity index (χ4v) is 10.8. The van der Waals surface area contributed by atoms with Gasteiger partial charge in [0.1, 0.15) is 0 Å². The third-order valence-electron chi connectivity index (χ3n) is 13.5. The Labute approximate surface area is 400 Å². The molecule has 0 saturated carbocycles. The van der Waals surface area contributed by atoms with E-state index in [2.05, 4.69) is 223 Å². The minimum atomic E-state index is -0.343. The van der Waals surface area contributed by atoms with Crippen molar-refractivity contribution in [1.82, 2.24) is 23.5 Å². The fraction of sp³-hybridized carbons (Fsp3) is 0.117. The molecule has 8 heterocycles. The molecule has 4 aliphatic rings. The summed E-state index contributed by atoms with van der Waals surface area (Å²) in [7, 11) is 0. The second-order valence-corrected chi connectivity index (χ2v) is 19.0. The maximum absolute atomic E-state index is 6.75. The summed E-state index contributed by atoms with van der Waals surface area (Å²) in [4.78, 5) is 10.3. The summed E-state index contributed by atoms with van der Waals surface area (Å²) in [5, 5.41) is 2.18. The van der Waals surface area contributed by atoms with Gasteiger partial charge in [0.05, 0.1) is 0 Å². The number of hydrogen-bond acceptors (Lipinski definition) is 3. The van der Waals surface area contributed by atoms with Crippen LogP contribution in [0.5, 0.6) is 11.5 Å². The summed E-state index contributed by atoms with van der Waals surface area (Å²) in [5.74, 6) is 3.05. The molecule has 0 N–H and O–H groups in total. The van der Waals surface area contributed by atoms with Gasteiger partial charge in [-0.15, -0.1) is 0 Å². The third-order valence-corrected chi connectivity index (χ3v) is 14.6. The molecule has 0 fully saturated rings. The molecule has 11 aromatic rings. The quantitative estimate of drug-likeness (QED) is 0.143. The van der Waals surface area contributed by atoms with E-state index in [0.717, 1.165) is 85.3 Å². The number of fused-ring (bicyclic) bond motifs is 3. The SMILES string of the molecule is CC(C)(c1ccccc1)c1cc(-n2c3[c-]c(Oc4[c-]c(-n5cc6c7cnc(n6[c]5=[Pt])CCc5ccc(cc5)CC7)ccc4)ccc3c3cc(-c4ccccc4)ccc32)ncc1-c1ccccc1. The summed E-state index contributed by atoms with van der Waals surface area (Å²) >= 11 is 2.44. The zero-order valence-electron chi connectivity index (χ0n) is 37.2. The first-order valence-corrected chi connectivity index (χ1v) is 24.0. The summed E-state index contributed by atoms with van der Waals surface area (Å²) in [6.45, 7) is 4.61. The topological polar surface area (TPSA) is 49.3 Å². The van der Waals surface area contributed by atoms with E-state index >= 15 is 0 Å². The minimum absolute atomic E-state index is 0.343. The van der Waals surface area contributed by atoms with E-state index in [-0.39, 0.29) is 5.41 Å². The molecule has 6 nitrogen and oxygen atoms in total. The van der Waals surface area contributed by atoms with Crippen molar-refractivity contribution in [2.45, 2.75) is 44.9 Å². The Morgan fingerprint density at radius 2 is 1.28 bits per heavy atom. The van der Waals surface area contributed by atoms with Crippen molar-refractivity contribution >= 4 is 27.3 Å². The van der Waals surface area contributed by atoms with Gasteiger partial charge in [-0.2, -0.15) is 0 Å². The van der Waals surface area contributed by atoms with Crippen LogP contribution in [0.2, 0.25) is 0 Å². The van der Waals surface area contributed by atoms with Crippen molar-refractivity contribution in [3.63, 3.8) is 0 Å². The van der Waals surface area contributed by atoms with Crippen molar-refractivity contribution in [2.24, 2.45) is 0 Å². The first kappa shape index (κ1) is 41.1. The molecule has 4 aliphatic heterocycles. The Bertz CT molecular complexity index is 3700. The molecule has 15 rings (SSSR count). The normalized spacial score (nSPS) is 12.8. The second-order valence-electron chi connectivity index (χ2n) is 17.9. The Hall–Kier alpha value is -7.40. The molecule has 0 saturated heterocycles. The van der Waals surface area contributed by atoms with Crippen LogP contribution in [0, 0.1) is 15.9 Å². The second kappa shape index (κ2) is 16.8. The Kier molecular flexibility index (Phi) is 10.3. The Balaban J connectivity index is 0.976. The standard InChI is InChI=1S/C60H45N5O.Pt/c1-60(2,47-17-10-5-11-18-47)54-36-59(62-38-53(54)44-15-8-4-9-16-44)65-55-31-28-45(43-13-6-3-7-14-43)33-52(55)51-30-29-50(35-56(51)65)66-49-20-12-19-48(34-49)63-39-57-46-27-25-41-21-23-42(24-22-41)26-32-58(61-37-46)64(57)40-63;/h3-24,28-31,33,36-39H,25-27,32H2,1-2H3;/q-2;. The van der Waals surface area contributed by atoms with Crippen molar-refractivity contribution in [3.8, 4) is 45.3 Å². The smallest absolute Gasteiger partial charge is 0.0622 e. The van der Waals surface area contributed by atoms with Crippen LogP contribution in [0.1, 0.15) is 47.5 Å². The van der Waals surface area contributed by atoms with Crippen molar-refractivity contribution in [3.05, 3.63) is 238 Å². The van der Waals surface area contributed by atoms with E-state index in [4.69, 9.17) is 14.7 Å². The number of ether oxygens (including phenoxy) is 1. The molecule has 7 aromatic carbocycles. The zero-order chi connectivity index (χ0) is 45.1. The molecule has 4 bridgehead atoms. The van der Waals surface area contributed by atoms with Crippen LogP contribution < -0.4 is 4.74 Å². The van der Waals surface area contributed by atoms with Crippen LogP contribution in [0.4, 0.5) is 0 Å². The molecule has 0 atom stereocenters. The van der Waals surface area contributed by atoms with Gasteiger partial charge in [0.15, 0.2) is 0 Å². The first-order chi connectivity index (χ1) is 32.9. The number of benzene rings is 7. The van der Waals surface area contributed by atoms with Gasteiger partial charge >= 0.3 is 247 Å². The van der Waals surface area contributed by atoms with E-state index in [1.165, 1.54) is 38.9 Å². The van der Waals surface area contributed by atoms with E-state index < -0.39 is 0 Å².